The Morgan fingerprint density at radius 1 is 1.38 bits per heavy atom. The smallest absolute Gasteiger partial charge is 0.320 e. The highest BCUT2D eigenvalue weighted by molar-refractivity contribution is 5.93. The Labute approximate surface area is 76.5 Å². The predicted molar refractivity (Wildman–Crippen MR) is 44.6 cm³/mol. The Hall–Kier alpha value is -1.32. The Bertz CT molecular complexity index is 238. The molecule has 0 radical (unpaired) electrons. The Balaban J connectivity index is 2.72. The topological polar surface area (TPSA) is 52.6 Å². The lowest BCUT2D eigenvalue weighted by Crippen LogP contribution is -2.41. The molecule has 13 heavy (non-hydrogen) atoms. The van der Waals surface area contributed by atoms with Gasteiger partial charge in [-0.1, -0.05) is 13.0 Å². The monoisotopic (exact) mass is 184 g/mol. The summed E-state index contributed by atoms with van der Waals surface area (Å²) < 4.78 is 9.75. The van der Waals surface area contributed by atoms with Crippen molar-refractivity contribution in [3.8, 4) is 0 Å². The second-order valence-electron chi connectivity index (χ2n) is 2.95. The van der Waals surface area contributed by atoms with E-state index in [0.29, 0.717) is 0 Å². The molecule has 0 atom stereocenters. The van der Waals surface area contributed by atoms with Crippen molar-refractivity contribution in [2.45, 2.75) is 32.5 Å². The molecule has 0 spiro atoms. The van der Waals surface area contributed by atoms with Crippen molar-refractivity contribution in [3.05, 3.63) is 12.2 Å². The van der Waals surface area contributed by atoms with E-state index in [1.807, 2.05) is 6.92 Å². The molecule has 0 aliphatic carbocycles. The van der Waals surface area contributed by atoms with Gasteiger partial charge in [-0.2, -0.15) is 0 Å². The SMILES string of the molecule is CC/C=C/C1(C)OC(=O)CC(=O)O1. The molecule has 1 fully saturated rings. The number of hydrogen-bond donors (Lipinski definition) is 0. The maximum atomic E-state index is 10.9. The molecule has 0 saturated carbocycles. The molecule has 0 aromatic rings. The number of carbonyl (C=O) groups is 2. The molecule has 0 N–H and O–H groups in total. The first kappa shape index (κ1) is 9.77. The first-order valence-electron chi connectivity index (χ1n) is 4.17. The molecule has 0 unspecified atom stereocenters. The van der Waals surface area contributed by atoms with Crippen molar-refractivity contribution >= 4 is 11.9 Å². The second kappa shape index (κ2) is 3.60. The summed E-state index contributed by atoms with van der Waals surface area (Å²) in [7, 11) is 0. The largest absolute Gasteiger partial charge is 0.418 e. The van der Waals surface area contributed by atoms with Crippen LogP contribution in [0.3, 0.4) is 0 Å². The van der Waals surface area contributed by atoms with E-state index in [9.17, 15) is 9.59 Å². The van der Waals surface area contributed by atoms with Crippen molar-refractivity contribution < 1.29 is 19.1 Å². The van der Waals surface area contributed by atoms with Gasteiger partial charge in [-0.05, 0) is 12.5 Å². The molecular formula is C9H12O4. The van der Waals surface area contributed by atoms with E-state index in [1.165, 1.54) is 6.92 Å². The van der Waals surface area contributed by atoms with Gasteiger partial charge in [0, 0.05) is 6.92 Å². The first-order chi connectivity index (χ1) is 6.06. The highest BCUT2D eigenvalue weighted by Gasteiger charge is 2.36. The lowest BCUT2D eigenvalue weighted by molar-refractivity contribution is -0.221. The lowest BCUT2D eigenvalue weighted by atomic mass is 10.2. The van der Waals surface area contributed by atoms with Gasteiger partial charge in [-0.3, -0.25) is 9.59 Å². The van der Waals surface area contributed by atoms with Gasteiger partial charge in [0.15, 0.2) is 0 Å². The fourth-order valence-corrected chi connectivity index (χ4v) is 1.06. The van der Waals surface area contributed by atoms with Gasteiger partial charge in [-0.25, -0.2) is 0 Å². The highest BCUT2D eigenvalue weighted by Crippen LogP contribution is 2.21. The molecule has 1 heterocycles. The fraction of sp³-hybridized carbons (Fsp3) is 0.556. The average molecular weight is 184 g/mol. The van der Waals surface area contributed by atoms with Crippen molar-refractivity contribution in [2.24, 2.45) is 0 Å². The van der Waals surface area contributed by atoms with Crippen LogP contribution in [-0.2, 0) is 19.1 Å². The standard InChI is InChI=1S/C9H12O4/c1-3-4-5-9(2)12-7(10)6-8(11)13-9/h4-5H,3,6H2,1-2H3/b5-4+. The summed E-state index contributed by atoms with van der Waals surface area (Å²) in [5.41, 5.74) is 0. The summed E-state index contributed by atoms with van der Waals surface area (Å²) in [5, 5.41) is 0. The zero-order valence-corrected chi connectivity index (χ0v) is 7.70. The molecular weight excluding hydrogens is 172 g/mol. The van der Waals surface area contributed by atoms with E-state index in [1.54, 1.807) is 12.2 Å². The average Bonchev–Trinajstić information content (AvgIpc) is 1.98. The minimum absolute atomic E-state index is 0.296. The van der Waals surface area contributed by atoms with Crippen molar-refractivity contribution in [2.75, 3.05) is 0 Å². The Morgan fingerprint density at radius 3 is 2.38 bits per heavy atom. The van der Waals surface area contributed by atoms with Crippen LogP contribution >= 0.6 is 0 Å². The van der Waals surface area contributed by atoms with Crippen LogP contribution in [0.5, 0.6) is 0 Å². The van der Waals surface area contributed by atoms with E-state index >= 15 is 0 Å². The number of cyclic esters (lactones) is 2. The molecule has 0 bridgehead atoms. The minimum atomic E-state index is -1.21. The van der Waals surface area contributed by atoms with Gasteiger partial charge in [0.2, 0.25) is 0 Å². The molecule has 1 aliphatic heterocycles. The lowest BCUT2D eigenvalue weighted by Gasteiger charge is -2.29. The summed E-state index contributed by atoms with van der Waals surface area (Å²) in [6.45, 7) is 3.47. The molecule has 4 heteroatoms. The summed E-state index contributed by atoms with van der Waals surface area (Å²) in [4.78, 5) is 21.8. The third kappa shape index (κ3) is 2.57. The predicted octanol–water partition coefficient (Wildman–Crippen LogP) is 1.16. The third-order valence-electron chi connectivity index (χ3n) is 1.58. The summed E-state index contributed by atoms with van der Waals surface area (Å²) in [6, 6.07) is 0. The van der Waals surface area contributed by atoms with Gasteiger partial charge >= 0.3 is 11.9 Å². The highest BCUT2D eigenvalue weighted by atomic mass is 16.7. The van der Waals surface area contributed by atoms with Crippen LogP contribution in [-0.4, -0.2) is 17.7 Å². The van der Waals surface area contributed by atoms with E-state index in [4.69, 9.17) is 9.47 Å². The van der Waals surface area contributed by atoms with Crippen LogP contribution in [0.2, 0.25) is 0 Å². The molecule has 0 aromatic heterocycles. The maximum Gasteiger partial charge on any atom is 0.320 e. The van der Waals surface area contributed by atoms with Crippen molar-refractivity contribution in [3.63, 3.8) is 0 Å². The molecule has 0 amide bonds. The van der Waals surface area contributed by atoms with Crippen LogP contribution in [0.1, 0.15) is 26.7 Å². The number of allylic oxidation sites excluding steroid dienone is 1. The van der Waals surface area contributed by atoms with Gasteiger partial charge in [0.25, 0.3) is 5.79 Å². The zero-order valence-electron chi connectivity index (χ0n) is 7.70. The van der Waals surface area contributed by atoms with Crippen molar-refractivity contribution in [1.82, 2.24) is 0 Å². The van der Waals surface area contributed by atoms with Gasteiger partial charge in [0.1, 0.15) is 6.42 Å². The molecule has 1 rings (SSSR count). The van der Waals surface area contributed by atoms with Crippen LogP contribution in [0, 0.1) is 0 Å². The number of ether oxygens (including phenoxy) is 2. The van der Waals surface area contributed by atoms with Crippen LogP contribution in [0.15, 0.2) is 12.2 Å². The van der Waals surface area contributed by atoms with Gasteiger partial charge in [0.05, 0.1) is 0 Å². The third-order valence-corrected chi connectivity index (χ3v) is 1.58. The van der Waals surface area contributed by atoms with E-state index < -0.39 is 17.7 Å². The fourth-order valence-electron chi connectivity index (χ4n) is 1.06. The number of rotatable bonds is 2. The quantitative estimate of drug-likeness (QED) is 0.367. The second-order valence-corrected chi connectivity index (χ2v) is 2.95. The zero-order chi connectivity index (χ0) is 9.90. The van der Waals surface area contributed by atoms with E-state index in [-0.39, 0.29) is 6.42 Å². The van der Waals surface area contributed by atoms with E-state index in [0.717, 1.165) is 6.42 Å². The summed E-state index contributed by atoms with van der Waals surface area (Å²) in [5.74, 6) is -2.29. The molecule has 1 saturated heterocycles. The number of esters is 2. The minimum Gasteiger partial charge on any atom is -0.418 e. The number of hydrogen-bond acceptors (Lipinski definition) is 4. The number of carbonyl (C=O) groups excluding carboxylic acids is 2. The van der Waals surface area contributed by atoms with Crippen LogP contribution in [0.4, 0.5) is 0 Å². The van der Waals surface area contributed by atoms with Gasteiger partial charge < -0.3 is 9.47 Å². The van der Waals surface area contributed by atoms with E-state index in [2.05, 4.69) is 0 Å². The molecule has 4 nitrogen and oxygen atoms in total. The Morgan fingerprint density at radius 2 is 1.92 bits per heavy atom. The van der Waals surface area contributed by atoms with Crippen molar-refractivity contribution in [1.29, 1.82) is 0 Å². The molecule has 72 valence electrons. The van der Waals surface area contributed by atoms with Crippen LogP contribution < -0.4 is 0 Å². The summed E-state index contributed by atoms with van der Waals surface area (Å²) in [6.07, 6.45) is 3.86. The molecule has 0 aromatic carbocycles. The molecule has 1 aliphatic rings. The van der Waals surface area contributed by atoms with Crippen LogP contribution in [0.25, 0.3) is 0 Å². The Kier molecular flexibility index (Phi) is 2.70. The maximum absolute atomic E-state index is 10.9. The normalized spacial score (nSPS) is 21.4. The summed E-state index contributed by atoms with van der Waals surface area (Å²) >= 11 is 0. The van der Waals surface area contributed by atoms with Gasteiger partial charge in [-0.15, -0.1) is 0 Å². The first-order valence-corrected chi connectivity index (χ1v) is 4.17.